The molecule has 5 nitrogen and oxygen atoms in total. The molecule has 14 heavy (non-hydrogen) atoms. The summed E-state index contributed by atoms with van der Waals surface area (Å²) in [6, 6.07) is 0. The standard InChI is InChI=1S/C9H16N4O/c1-2-11-9-12-6-8(7-13-9)5-10-3-4-14/h6-7,10,14H,2-5H2,1H3,(H,11,12,13). The van der Waals surface area contributed by atoms with Crippen molar-refractivity contribution < 1.29 is 5.11 Å². The Kier molecular flexibility index (Phi) is 4.88. The summed E-state index contributed by atoms with van der Waals surface area (Å²) in [5.74, 6) is 0.651. The second kappa shape index (κ2) is 6.28. The molecule has 0 atom stereocenters. The molecule has 5 heteroatoms. The van der Waals surface area contributed by atoms with Crippen LogP contribution < -0.4 is 10.6 Å². The van der Waals surface area contributed by atoms with Gasteiger partial charge in [0.1, 0.15) is 0 Å². The van der Waals surface area contributed by atoms with Gasteiger partial charge in [-0.25, -0.2) is 9.97 Å². The lowest BCUT2D eigenvalue weighted by atomic mass is 10.3. The maximum Gasteiger partial charge on any atom is 0.222 e. The lowest BCUT2D eigenvalue weighted by Gasteiger charge is -2.03. The predicted octanol–water partition coefficient (Wildman–Crippen LogP) is -0.00970. The van der Waals surface area contributed by atoms with Gasteiger partial charge in [0, 0.05) is 37.6 Å². The monoisotopic (exact) mass is 196 g/mol. The zero-order chi connectivity index (χ0) is 10.2. The molecular formula is C9H16N4O. The van der Waals surface area contributed by atoms with E-state index in [-0.39, 0.29) is 6.61 Å². The molecule has 0 bridgehead atoms. The van der Waals surface area contributed by atoms with Crippen molar-refractivity contribution >= 4 is 5.95 Å². The van der Waals surface area contributed by atoms with Crippen molar-refractivity contribution in [1.29, 1.82) is 0 Å². The number of anilines is 1. The Balaban J connectivity index is 2.38. The van der Waals surface area contributed by atoms with Crippen molar-refractivity contribution in [1.82, 2.24) is 15.3 Å². The SMILES string of the molecule is CCNc1ncc(CNCCO)cn1. The van der Waals surface area contributed by atoms with E-state index in [9.17, 15) is 0 Å². The van der Waals surface area contributed by atoms with Crippen molar-refractivity contribution in [3.8, 4) is 0 Å². The number of rotatable bonds is 6. The van der Waals surface area contributed by atoms with Crippen molar-refractivity contribution in [3.05, 3.63) is 18.0 Å². The maximum absolute atomic E-state index is 8.55. The van der Waals surface area contributed by atoms with Gasteiger partial charge in [-0.3, -0.25) is 0 Å². The lowest BCUT2D eigenvalue weighted by Crippen LogP contribution is -2.17. The Labute approximate surface area is 83.6 Å². The van der Waals surface area contributed by atoms with Crippen LogP contribution in [-0.2, 0) is 6.54 Å². The van der Waals surface area contributed by atoms with Gasteiger partial charge in [0.2, 0.25) is 5.95 Å². The first kappa shape index (κ1) is 10.9. The summed E-state index contributed by atoms with van der Waals surface area (Å²) < 4.78 is 0. The summed E-state index contributed by atoms with van der Waals surface area (Å²) >= 11 is 0. The number of hydrogen-bond acceptors (Lipinski definition) is 5. The molecule has 1 aromatic heterocycles. The van der Waals surface area contributed by atoms with Crippen molar-refractivity contribution in [2.75, 3.05) is 25.0 Å². The molecule has 0 aromatic carbocycles. The highest BCUT2D eigenvalue weighted by Crippen LogP contribution is 1.98. The lowest BCUT2D eigenvalue weighted by molar-refractivity contribution is 0.292. The Morgan fingerprint density at radius 1 is 1.36 bits per heavy atom. The number of nitrogens with zero attached hydrogens (tertiary/aromatic N) is 2. The van der Waals surface area contributed by atoms with Crippen LogP contribution in [0.1, 0.15) is 12.5 Å². The molecule has 0 amide bonds. The Hall–Kier alpha value is -1.20. The van der Waals surface area contributed by atoms with Gasteiger partial charge in [-0.05, 0) is 6.92 Å². The molecule has 1 aromatic rings. The van der Waals surface area contributed by atoms with Crippen LogP contribution in [0.15, 0.2) is 12.4 Å². The average Bonchev–Trinajstić information content (AvgIpc) is 2.21. The van der Waals surface area contributed by atoms with Gasteiger partial charge in [0.05, 0.1) is 6.61 Å². The molecular weight excluding hydrogens is 180 g/mol. The third kappa shape index (κ3) is 3.68. The van der Waals surface area contributed by atoms with Crippen molar-refractivity contribution in [2.24, 2.45) is 0 Å². The first-order valence-corrected chi connectivity index (χ1v) is 4.73. The Bertz CT molecular complexity index is 249. The van der Waals surface area contributed by atoms with E-state index < -0.39 is 0 Å². The van der Waals surface area contributed by atoms with E-state index in [1.165, 1.54) is 0 Å². The quantitative estimate of drug-likeness (QED) is 0.558. The fourth-order valence-corrected chi connectivity index (χ4v) is 1.01. The molecule has 0 aliphatic carbocycles. The normalized spacial score (nSPS) is 10.1. The minimum absolute atomic E-state index is 0.149. The number of nitrogens with one attached hydrogen (secondary N) is 2. The summed E-state index contributed by atoms with van der Waals surface area (Å²) in [6.45, 7) is 4.25. The van der Waals surface area contributed by atoms with E-state index in [1.54, 1.807) is 12.4 Å². The highest BCUT2D eigenvalue weighted by molar-refractivity contribution is 5.24. The molecule has 0 spiro atoms. The number of aliphatic hydroxyl groups is 1. The van der Waals surface area contributed by atoms with Gasteiger partial charge in [0.25, 0.3) is 0 Å². The molecule has 0 unspecified atom stereocenters. The van der Waals surface area contributed by atoms with Crippen LogP contribution in [0.3, 0.4) is 0 Å². The van der Waals surface area contributed by atoms with E-state index in [2.05, 4.69) is 20.6 Å². The van der Waals surface area contributed by atoms with E-state index in [4.69, 9.17) is 5.11 Å². The molecule has 0 saturated heterocycles. The third-order valence-electron chi connectivity index (χ3n) is 1.66. The van der Waals surface area contributed by atoms with Crippen LogP contribution in [0.4, 0.5) is 5.95 Å². The van der Waals surface area contributed by atoms with Crippen LogP contribution in [0.2, 0.25) is 0 Å². The Morgan fingerprint density at radius 3 is 2.64 bits per heavy atom. The maximum atomic E-state index is 8.55. The topological polar surface area (TPSA) is 70.1 Å². The van der Waals surface area contributed by atoms with Crippen LogP contribution in [0.25, 0.3) is 0 Å². The largest absolute Gasteiger partial charge is 0.395 e. The summed E-state index contributed by atoms with van der Waals surface area (Å²) in [5, 5.41) is 14.6. The minimum atomic E-state index is 0.149. The van der Waals surface area contributed by atoms with Crippen molar-refractivity contribution in [2.45, 2.75) is 13.5 Å². The number of hydrogen-bond donors (Lipinski definition) is 3. The molecule has 1 heterocycles. The van der Waals surface area contributed by atoms with Gasteiger partial charge in [-0.15, -0.1) is 0 Å². The molecule has 0 radical (unpaired) electrons. The molecule has 0 fully saturated rings. The zero-order valence-electron chi connectivity index (χ0n) is 8.32. The highest BCUT2D eigenvalue weighted by Gasteiger charge is 1.95. The van der Waals surface area contributed by atoms with Gasteiger partial charge < -0.3 is 15.7 Å². The second-order valence-corrected chi connectivity index (χ2v) is 2.85. The smallest absolute Gasteiger partial charge is 0.222 e. The summed E-state index contributed by atoms with van der Waals surface area (Å²) in [7, 11) is 0. The van der Waals surface area contributed by atoms with Gasteiger partial charge in [-0.2, -0.15) is 0 Å². The first-order valence-electron chi connectivity index (χ1n) is 4.73. The van der Waals surface area contributed by atoms with Crippen LogP contribution >= 0.6 is 0 Å². The fourth-order valence-electron chi connectivity index (χ4n) is 1.01. The second-order valence-electron chi connectivity index (χ2n) is 2.85. The van der Waals surface area contributed by atoms with Crippen LogP contribution in [0.5, 0.6) is 0 Å². The molecule has 0 aliphatic heterocycles. The summed E-state index contributed by atoms with van der Waals surface area (Å²) in [5.41, 5.74) is 1.01. The predicted molar refractivity (Wildman–Crippen MR) is 55.0 cm³/mol. The van der Waals surface area contributed by atoms with E-state index in [1.807, 2.05) is 6.92 Å². The molecule has 3 N–H and O–H groups in total. The summed E-state index contributed by atoms with van der Waals surface area (Å²) in [4.78, 5) is 8.24. The van der Waals surface area contributed by atoms with E-state index in [0.29, 0.717) is 19.0 Å². The molecule has 0 saturated carbocycles. The molecule has 78 valence electrons. The fraction of sp³-hybridized carbons (Fsp3) is 0.556. The number of aliphatic hydroxyl groups excluding tert-OH is 1. The van der Waals surface area contributed by atoms with Crippen molar-refractivity contribution in [3.63, 3.8) is 0 Å². The minimum Gasteiger partial charge on any atom is -0.395 e. The highest BCUT2D eigenvalue weighted by atomic mass is 16.3. The summed E-state index contributed by atoms with van der Waals surface area (Å²) in [6.07, 6.45) is 3.55. The zero-order valence-corrected chi connectivity index (χ0v) is 8.32. The van der Waals surface area contributed by atoms with Crippen LogP contribution in [-0.4, -0.2) is 34.8 Å². The number of aromatic nitrogens is 2. The van der Waals surface area contributed by atoms with E-state index in [0.717, 1.165) is 12.1 Å². The molecule has 1 rings (SSSR count). The van der Waals surface area contributed by atoms with E-state index >= 15 is 0 Å². The van der Waals surface area contributed by atoms with Gasteiger partial charge in [-0.1, -0.05) is 0 Å². The third-order valence-corrected chi connectivity index (χ3v) is 1.66. The molecule has 0 aliphatic rings. The van der Waals surface area contributed by atoms with Gasteiger partial charge in [0.15, 0.2) is 0 Å². The van der Waals surface area contributed by atoms with Crippen LogP contribution in [0, 0.1) is 0 Å². The van der Waals surface area contributed by atoms with Gasteiger partial charge >= 0.3 is 0 Å². The first-order chi connectivity index (χ1) is 6.86. The Morgan fingerprint density at radius 2 is 2.07 bits per heavy atom. The average molecular weight is 196 g/mol.